The standard InChI is InChI=1S/C23H23N3O4S2/c1-23(2,3)16-6-4-15(5-7-16)14-19-21(28)25(22(31)32-19)13-12-20(27)24-17-8-10-18(11-9-17)26(29)30/h4-11,14H,12-13H2,1-3H3,(H,24,27)/b19-14-. The van der Waals surface area contributed by atoms with Crippen molar-refractivity contribution in [1.82, 2.24) is 4.90 Å². The van der Waals surface area contributed by atoms with Gasteiger partial charge in [-0.1, -0.05) is 69.0 Å². The molecule has 0 bridgehead atoms. The molecule has 32 heavy (non-hydrogen) atoms. The molecule has 1 fully saturated rings. The smallest absolute Gasteiger partial charge is 0.269 e. The highest BCUT2D eigenvalue weighted by Crippen LogP contribution is 2.33. The maximum atomic E-state index is 12.8. The van der Waals surface area contributed by atoms with Gasteiger partial charge in [-0.25, -0.2) is 0 Å². The summed E-state index contributed by atoms with van der Waals surface area (Å²) in [6, 6.07) is 13.6. The van der Waals surface area contributed by atoms with Crippen LogP contribution in [-0.4, -0.2) is 32.5 Å². The van der Waals surface area contributed by atoms with Crippen molar-refractivity contribution in [3.05, 3.63) is 74.7 Å². The predicted molar refractivity (Wildman–Crippen MR) is 131 cm³/mol. The van der Waals surface area contributed by atoms with Crippen LogP contribution in [0, 0.1) is 10.1 Å². The number of nitro benzene ring substituents is 1. The Bertz CT molecular complexity index is 1090. The number of thiocarbonyl (C=S) groups is 1. The fourth-order valence-corrected chi connectivity index (χ4v) is 4.34. The Morgan fingerprint density at radius 2 is 1.78 bits per heavy atom. The number of non-ortho nitro benzene ring substituents is 1. The van der Waals surface area contributed by atoms with Crippen molar-refractivity contribution < 1.29 is 14.5 Å². The zero-order valence-electron chi connectivity index (χ0n) is 18.0. The van der Waals surface area contributed by atoms with Gasteiger partial charge in [-0.05, 0) is 34.8 Å². The number of carbonyl (C=O) groups excluding carboxylic acids is 2. The van der Waals surface area contributed by atoms with Crippen molar-refractivity contribution in [2.24, 2.45) is 0 Å². The fourth-order valence-electron chi connectivity index (χ4n) is 3.03. The van der Waals surface area contributed by atoms with Crippen LogP contribution in [0.1, 0.15) is 38.3 Å². The van der Waals surface area contributed by atoms with E-state index in [-0.39, 0.29) is 35.9 Å². The number of hydrogen-bond donors (Lipinski definition) is 1. The van der Waals surface area contributed by atoms with Crippen LogP contribution >= 0.6 is 24.0 Å². The van der Waals surface area contributed by atoms with Gasteiger partial charge in [0, 0.05) is 30.8 Å². The lowest BCUT2D eigenvalue weighted by molar-refractivity contribution is -0.384. The second kappa shape index (κ2) is 9.62. The normalized spacial score (nSPS) is 15.3. The molecule has 166 valence electrons. The third-order valence-corrected chi connectivity index (χ3v) is 6.25. The van der Waals surface area contributed by atoms with Crippen molar-refractivity contribution in [2.75, 3.05) is 11.9 Å². The predicted octanol–water partition coefficient (Wildman–Crippen LogP) is 5.12. The molecule has 1 N–H and O–H groups in total. The second-order valence-corrected chi connectivity index (χ2v) is 9.98. The molecule has 1 aliphatic heterocycles. The van der Waals surface area contributed by atoms with Crippen molar-refractivity contribution in [3.63, 3.8) is 0 Å². The first-order chi connectivity index (χ1) is 15.0. The number of anilines is 1. The summed E-state index contributed by atoms with van der Waals surface area (Å²) in [6.07, 6.45) is 1.86. The quantitative estimate of drug-likeness (QED) is 0.273. The Balaban J connectivity index is 1.59. The highest BCUT2D eigenvalue weighted by molar-refractivity contribution is 8.26. The lowest BCUT2D eigenvalue weighted by Gasteiger charge is -2.18. The van der Waals surface area contributed by atoms with Crippen molar-refractivity contribution in [2.45, 2.75) is 32.6 Å². The van der Waals surface area contributed by atoms with Crippen molar-refractivity contribution in [3.8, 4) is 0 Å². The van der Waals surface area contributed by atoms with E-state index < -0.39 is 4.92 Å². The molecular weight excluding hydrogens is 446 g/mol. The average molecular weight is 470 g/mol. The zero-order valence-corrected chi connectivity index (χ0v) is 19.6. The van der Waals surface area contributed by atoms with Crippen molar-refractivity contribution >= 4 is 57.6 Å². The minimum Gasteiger partial charge on any atom is -0.326 e. The summed E-state index contributed by atoms with van der Waals surface area (Å²) in [5, 5.41) is 13.4. The van der Waals surface area contributed by atoms with Gasteiger partial charge in [-0.15, -0.1) is 0 Å². The molecule has 1 saturated heterocycles. The van der Waals surface area contributed by atoms with Gasteiger partial charge >= 0.3 is 0 Å². The number of rotatable bonds is 6. The number of nitrogens with zero attached hydrogens (tertiary/aromatic N) is 2. The molecule has 0 spiro atoms. The molecule has 0 radical (unpaired) electrons. The van der Waals surface area contributed by atoms with E-state index in [1.165, 1.54) is 46.5 Å². The third-order valence-electron chi connectivity index (χ3n) is 4.87. The van der Waals surface area contributed by atoms with E-state index in [2.05, 4.69) is 38.2 Å². The summed E-state index contributed by atoms with van der Waals surface area (Å²) >= 11 is 6.55. The van der Waals surface area contributed by atoms with Gasteiger partial charge in [0.1, 0.15) is 4.32 Å². The van der Waals surface area contributed by atoms with Gasteiger partial charge in [-0.2, -0.15) is 0 Å². The Hall–Kier alpha value is -3.04. The maximum absolute atomic E-state index is 12.8. The van der Waals surface area contributed by atoms with Crippen LogP contribution in [0.3, 0.4) is 0 Å². The molecule has 0 aromatic heterocycles. The number of nitrogens with one attached hydrogen (secondary N) is 1. The highest BCUT2D eigenvalue weighted by Gasteiger charge is 2.32. The van der Waals surface area contributed by atoms with Gasteiger partial charge < -0.3 is 5.32 Å². The molecule has 0 saturated carbocycles. The maximum Gasteiger partial charge on any atom is 0.269 e. The van der Waals surface area contributed by atoms with Crippen molar-refractivity contribution in [1.29, 1.82) is 0 Å². The second-order valence-electron chi connectivity index (χ2n) is 8.31. The van der Waals surface area contributed by atoms with E-state index in [9.17, 15) is 19.7 Å². The summed E-state index contributed by atoms with van der Waals surface area (Å²) < 4.78 is 0.413. The number of benzene rings is 2. The van der Waals surface area contributed by atoms with Crippen LogP contribution in [-0.2, 0) is 15.0 Å². The van der Waals surface area contributed by atoms with Gasteiger partial charge in [0.05, 0.1) is 9.83 Å². The molecular formula is C23H23N3O4S2. The van der Waals surface area contributed by atoms with Gasteiger partial charge in [0.25, 0.3) is 11.6 Å². The van der Waals surface area contributed by atoms with Gasteiger partial charge in [0.2, 0.25) is 5.91 Å². The first kappa shape index (κ1) is 23.6. The minimum atomic E-state index is -0.507. The number of carbonyl (C=O) groups is 2. The fraction of sp³-hybridized carbons (Fsp3) is 0.261. The summed E-state index contributed by atoms with van der Waals surface area (Å²) in [5.74, 6) is -0.530. The first-order valence-corrected chi connectivity index (χ1v) is 11.2. The molecule has 1 heterocycles. The summed E-state index contributed by atoms with van der Waals surface area (Å²) in [7, 11) is 0. The average Bonchev–Trinajstić information content (AvgIpc) is 2.99. The van der Waals surface area contributed by atoms with Crippen LogP contribution in [0.5, 0.6) is 0 Å². The number of nitro groups is 1. The minimum absolute atomic E-state index is 0.0526. The van der Waals surface area contributed by atoms with Crippen LogP contribution in [0.15, 0.2) is 53.4 Å². The number of hydrogen-bond acceptors (Lipinski definition) is 6. The molecule has 3 rings (SSSR count). The SMILES string of the molecule is CC(C)(C)c1ccc(/C=C2\SC(=S)N(CCC(=O)Nc3ccc([N+](=O)[O-])cc3)C2=O)cc1. The zero-order chi connectivity index (χ0) is 23.5. The van der Waals surface area contributed by atoms with Crippen LogP contribution in [0.25, 0.3) is 6.08 Å². The Kier molecular flexibility index (Phi) is 7.10. The molecule has 9 heteroatoms. The van der Waals surface area contributed by atoms with E-state index in [0.717, 1.165) is 5.56 Å². The van der Waals surface area contributed by atoms with E-state index >= 15 is 0 Å². The number of thioether (sulfide) groups is 1. The first-order valence-electron chi connectivity index (χ1n) is 9.95. The highest BCUT2D eigenvalue weighted by atomic mass is 32.2. The third kappa shape index (κ3) is 5.80. The van der Waals surface area contributed by atoms with Gasteiger partial charge in [0.15, 0.2) is 0 Å². The Labute approximate surface area is 196 Å². The summed E-state index contributed by atoms with van der Waals surface area (Å²) in [6.45, 7) is 6.59. The number of amides is 2. The summed E-state index contributed by atoms with van der Waals surface area (Å²) in [5.41, 5.74) is 2.57. The monoisotopic (exact) mass is 469 g/mol. The van der Waals surface area contributed by atoms with Crippen LogP contribution in [0.4, 0.5) is 11.4 Å². The Morgan fingerprint density at radius 1 is 1.16 bits per heavy atom. The largest absolute Gasteiger partial charge is 0.326 e. The molecule has 2 amide bonds. The molecule has 0 aliphatic carbocycles. The lowest BCUT2D eigenvalue weighted by Crippen LogP contribution is -2.31. The van der Waals surface area contributed by atoms with Crippen LogP contribution in [0.2, 0.25) is 0 Å². The topological polar surface area (TPSA) is 92.6 Å². The van der Waals surface area contributed by atoms with E-state index in [1.807, 2.05) is 18.2 Å². The molecule has 2 aromatic rings. The lowest BCUT2D eigenvalue weighted by atomic mass is 9.87. The van der Waals surface area contributed by atoms with E-state index in [4.69, 9.17) is 12.2 Å². The van der Waals surface area contributed by atoms with Gasteiger partial charge in [-0.3, -0.25) is 24.6 Å². The molecule has 0 atom stereocenters. The van der Waals surface area contributed by atoms with E-state index in [1.54, 1.807) is 0 Å². The summed E-state index contributed by atoms with van der Waals surface area (Å²) in [4.78, 5) is 37.2. The molecule has 1 aliphatic rings. The Morgan fingerprint density at radius 3 is 2.34 bits per heavy atom. The van der Waals surface area contributed by atoms with E-state index in [0.29, 0.717) is 14.9 Å². The molecule has 0 unspecified atom stereocenters. The molecule has 7 nitrogen and oxygen atoms in total. The van der Waals surface area contributed by atoms with Crippen LogP contribution < -0.4 is 5.32 Å². The molecule has 2 aromatic carbocycles.